The summed E-state index contributed by atoms with van der Waals surface area (Å²) in [7, 11) is -3.95. The highest BCUT2D eigenvalue weighted by molar-refractivity contribution is 7.89. The minimum atomic E-state index is -3.95. The lowest BCUT2D eigenvalue weighted by Gasteiger charge is -2.25. The number of carbonyl (C=O) groups is 2. The van der Waals surface area contributed by atoms with Crippen LogP contribution in [0.4, 0.5) is 5.69 Å². The number of sulfonamides is 1. The number of rotatable bonds is 4. The number of hydrogen-bond acceptors (Lipinski definition) is 6. The third kappa shape index (κ3) is 2.78. The van der Waals surface area contributed by atoms with Gasteiger partial charge in [-0.1, -0.05) is 0 Å². The molecule has 0 bridgehead atoms. The van der Waals surface area contributed by atoms with Crippen LogP contribution in [0, 0.1) is 0 Å². The molecule has 0 unspecified atom stereocenters. The molecular formula is C11H14N4O4S. The third-order valence-corrected chi connectivity index (χ3v) is 4.51. The van der Waals surface area contributed by atoms with E-state index in [1.165, 1.54) is 18.5 Å². The van der Waals surface area contributed by atoms with Gasteiger partial charge in [-0.15, -0.1) is 0 Å². The van der Waals surface area contributed by atoms with Crippen LogP contribution < -0.4 is 10.6 Å². The summed E-state index contributed by atoms with van der Waals surface area (Å²) >= 11 is 0. The number of imide groups is 1. The Morgan fingerprint density at radius 1 is 1.35 bits per heavy atom. The van der Waals surface area contributed by atoms with Crippen molar-refractivity contribution in [3.63, 3.8) is 0 Å². The summed E-state index contributed by atoms with van der Waals surface area (Å²) in [5.41, 5.74) is 0.390. The van der Waals surface area contributed by atoms with Gasteiger partial charge < -0.3 is 5.32 Å². The first-order valence-electron chi connectivity index (χ1n) is 5.96. The van der Waals surface area contributed by atoms with Gasteiger partial charge in [0.2, 0.25) is 21.8 Å². The van der Waals surface area contributed by atoms with Crippen LogP contribution in [0.15, 0.2) is 23.4 Å². The van der Waals surface area contributed by atoms with E-state index in [-0.39, 0.29) is 18.0 Å². The number of piperazine rings is 1. The predicted molar refractivity (Wildman–Crippen MR) is 70.3 cm³/mol. The summed E-state index contributed by atoms with van der Waals surface area (Å²) in [4.78, 5) is 26.4. The number of nitrogens with one attached hydrogen (secondary N) is 2. The Bertz CT molecular complexity index is 628. The normalized spacial score (nSPS) is 16.9. The topological polar surface area (TPSA) is 108 Å². The molecule has 2 N–H and O–H groups in total. The van der Waals surface area contributed by atoms with Crippen molar-refractivity contribution in [2.24, 2.45) is 0 Å². The van der Waals surface area contributed by atoms with E-state index < -0.39 is 21.8 Å². The first kappa shape index (κ1) is 14.4. The molecule has 0 spiro atoms. The van der Waals surface area contributed by atoms with E-state index in [1.54, 1.807) is 0 Å². The van der Waals surface area contributed by atoms with Crippen molar-refractivity contribution in [2.45, 2.75) is 11.8 Å². The predicted octanol–water partition coefficient (Wildman–Crippen LogP) is -0.839. The monoisotopic (exact) mass is 298 g/mol. The molecule has 1 fully saturated rings. The van der Waals surface area contributed by atoms with E-state index >= 15 is 0 Å². The first-order chi connectivity index (χ1) is 9.45. The van der Waals surface area contributed by atoms with Crippen LogP contribution in [0.5, 0.6) is 0 Å². The standard InChI is InChI=1S/C11H14N4O4S/c1-2-13-8-3-4-12-5-9(8)20(18,19)15-6-10(16)14-11(17)7-15/h3-5H,2,6-7H2,1H3,(H,12,13)(H,14,16,17). The maximum absolute atomic E-state index is 12.5. The zero-order valence-corrected chi connectivity index (χ0v) is 11.6. The van der Waals surface area contributed by atoms with Gasteiger partial charge in [0.1, 0.15) is 4.90 Å². The molecule has 1 aromatic heterocycles. The van der Waals surface area contributed by atoms with Crippen LogP contribution in [0.3, 0.4) is 0 Å². The average molecular weight is 298 g/mol. The highest BCUT2D eigenvalue weighted by atomic mass is 32.2. The Morgan fingerprint density at radius 2 is 2.00 bits per heavy atom. The Hall–Kier alpha value is -2.00. The van der Waals surface area contributed by atoms with Crippen LogP contribution in [-0.4, -0.2) is 49.2 Å². The molecule has 1 saturated heterocycles. The lowest BCUT2D eigenvalue weighted by atomic mass is 10.4. The van der Waals surface area contributed by atoms with E-state index in [0.29, 0.717) is 12.2 Å². The van der Waals surface area contributed by atoms with Gasteiger partial charge in [0, 0.05) is 18.9 Å². The van der Waals surface area contributed by atoms with E-state index in [0.717, 1.165) is 4.31 Å². The van der Waals surface area contributed by atoms with Gasteiger partial charge in [-0.05, 0) is 13.0 Å². The highest BCUT2D eigenvalue weighted by Gasteiger charge is 2.34. The fourth-order valence-corrected chi connectivity index (χ4v) is 3.31. The first-order valence-corrected chi connectivity index (χ1v) is 7.40. The minimum absolute atomic E-state index is 0.0515. The van der Waals surface area contributed by atoms with Gasteiger partial charge in [-0.3, -0.25) is 19.9 Å². The SMILES string of the molecule is CCNc1ccncc1S(=O)(=O)N1CC(=O)NC(=O)C1. The van der Waals surface area contributed by atoms with Gasteiger partial charge in [0.15, 0.2) is 0 Å². The fraction of sp³-hybridized carbons (Fsp3) is 0.364. The van der Waals surface area contributed by atoms with Crippen LogP contribution in [-0.2, 0) is 19.6 Å². The van der Waals surface area contributed by atoms with Gasteiger partial charge in [-0.2, -0.15) is 4.31 Å². The van der Waals surface area contributed by atoms with Crippen LogP contribution in [0.25, 0.3) is 0 Å². The Morgan fingerprint density at radius 3 is 2.60 bits per heavy atom. The molecule has 9 heteroatoms. The number of pyridine rings is 1. The van der Waals surface area contributed by atoms with Crippen molar-refractivity contribution in [1.82, 2.24) is 14.6 Å². The number of anilines is 1. The fourth-order valence-electron chi connectivity index (χ4n) is 1.84. The number of carbonyl (C=O) groups excluding carboxylic acids is 2. The van der Waals surface area contributed by atoms with Gasteiger partial charge in [-0.25, -0.2) is 8.42 Å². The van der Waals surface area contributed by atoms with Crippen molar-refractivity contribution in [3.05, 3.63) is 18.5 Å². The summed E-state index contributed by atoms with van der Waals surface area (Å²) in [6.45, 7) is 1.60. The second kappa shape index (κ2) is 5.55. The molecule has 2 amide bonds. The second-order valence-electron chi connectivity index (χ2n) is 4.15. The summed E-state index contributed by atoms with van der Waals surface area (Å²) < 4.78 is 25.8. The molecule has 108 valence electrons. The summed E-state index contributed by atoms with van der Waals surface area (Å²) in [6.07, 6.45) is 2.66. The molecule has 1 aromatic rings. The summed E-state index contributed by atoms with van der Waals surface area (Å²) in [6, 6.07) is 1.53. The third-order valence-electron chi connectivity index (χ3n) is 2.69. The van der Waals surface area contributed by atoms with E-state index in [9.17, 15) is 18.0 Å². The van der Waals surface area contributed by atoms with Gasteiger partial charge in [0.05, 0.1) is 18.8 Å². The average Bonchev–Trinajstić information content (AvgIpc) is 2.38. The quantitative estimate of drug-likeness (QED) is 0.702. The second-order valence-corrected chi connectivity index (χ2v) is 6.05. The van der Waals surface area contributed by atoms with Gasteiger partial charge >= 0.3 is 0 Å². The Balaban J connectivity index is 2.40. The van der Waals surface area contributed by atoms with E-state index in [4.69, 9.17) is 0 Å². The van der Waals surface area contributed by atoms with Crippen LogP contribution in [0.1, 0.15) is 6.92 Å². The minimum Gasteiger partial charge on any atom is -0.384 e. The van der Waals surface area contributed by atoms with Crippen molar-refractivity contribution < 1.29 is 18.0 Å². The molecule has 2 heterocycles. The molecule has 0 saturated carbocycles. The maximum atomic E-state index is 12.5. The molecule has 8 nitrogen and oxygen atoms in total. The van der Waals surface area contributed by atoms with Crippen molar-refractivity contribution >= 4 is 27.5 Å². The smallest absolute Gasteiger partial charge is 0.247 e. The largest absolute Gasteiger partial charge is 0.384 e. The lowest BCUT2D eigenvalue weighted by molar-refractivity contribution is -0.134. The van der Waals surface area contributed by atoms with Crippen LogP contribution in [0.2, 0.25) is 0 Å². The summed E-state index contributed by atoms with van der Waals surface area (Å²) in [5.74, 6) is -1.28. The zero-order valence-electron chi connectivity index (χ0n) is 10.8. The lowest BCUT2D eigenvalue weighted by Crippen LogP contribution is -2.53. The number of amides is 2. The molecule has 1 aliphatic rings. The molecule has 0 radical (unpaired) electrons. The maximum Gasteiger partial charge on any atom is 0.247 e. The highest BCUT2D eigenvalue weighted by Crippen LogP contribution is 2.23. The molecule has 0 atom stereocenters. The van der Waals surface area contributed by atoms with E-state index in [2.05, 4.69) is 15.6 Å². The van der Waals surface area contributed by atoms with Gasteiger partial charge in [0.25, 0.3) is 0 Å². The Kier molecular flexibility index (Phi) is 4.00. The Labute approximate surface area is 116 Å². The molecule has 20 heavy (non-hydrogen) atoms. The molecule has 2 rings (SSSR count). The van der Waals surface area contributed by atoms with Crippen molar-refractivity contribution in [3.8, 4) is 0 Å². The number of hydrogen-bond donors (Lipinski definition) is 2. The zero-order chi connectivity index (χ0) is 14.8. The van der Waals surface area contributed by atoms with E-state index in [1.807, 2.05) is 6.92 Å². The summed E-state index contributed by atoms with van der Waals surface area (Å²) in [5, 5.41) is 4.97. The molecule has 0 aromatic carbocycles. The molecular weight excluding hydrogens is 284 g/mol. The number of aromatic nitrogens is 1. The van der Waals surface area contributed by atoms with Crippen molar-refractivity contribution in [1.29, 1.82) is 0 Å². The van der Waals surface area contributed by atoms with Crippen molar-refractivity contribution in [2.75, 3.05) is 25.0 Å². The number of nitrogens with zero attached hydrogens (tertiary/aromatic N) is 2. The molecule has 0 aliphatic carbocycles. The van der Waals surface area contributed by atoms with Crippen LogP contribution >= 0.6 is 0 Å². The molecule has 1 aliphatic heterocycles.